The Bertz CT molecular complexity index is 558. The normalized spacial score (nSPS) is 24.0. The van der Waals surface area contributed by atoms with Crippen molar-refractivity contribution < 1.29 is 9.47 Å². The number of hydrogen-bond acceptors (Lipinski definition) is 6. The van der Waals surface area contributed by atoms with Crippen LogP contribution in [0.25, 0.3) is 11.2 Å². The summed E-state index contributed by atoms with van der Waals surface area (Å²) in [4.78, 5) is 18.0. The highest BCUT2D eigenvalue weighted by Crippen LogP contribution is 2.23. The van der Waals surface area contributed by atoms with Crippen molar-refractivity contribution in [3.63, 3.8) is 0 Å². The Morgan fingerprint density at radius 1 is 1.42 bits per heavy atom. The zero-order chi connectivity index (χ0) is 13.2. The zero-order valence-corrected chi connectivity index (χ0v) is 11.0. The van der Waals surface area contributed by atoms with Gasteiger partial charge in [0.05, 0.1) is 25.1 Å². The van der Waals surface area contributed by atoms with Gasteiger partial charge in [-0.3, -0.25) is 0 Å². The van der Waals surface area contributed by atoms with Crippen molar-refractivity contribution in [2.75, 3.05) is 31.7 Å². The quantitative estimate of drug-likeness (QED) is 0.873. The number of morpholine rings is 1. The molecule has 1 fully saturated rings. The monoisotopic (exact) mass is 263 g/mol. The maximum atomic E-state index is 5.84. The summed E-state index contributed by atoms with van der Waals surface area (Å²) >= 11 is 0. The van der Waals surface area contributed by atoms with Crippen molar-refractivity contribution in [2.45, 2.75) is 19.1 Å². The van der Waals surface area contributed by atoms with Gasteiger partial charge in [0.2, 0.25) is 0 Å². The number of imidazole rings is 1. The van der Waals surface area contributed by atoms with Crippen LogP contribution in [0.1, 0.15) is 6.92 Å². The van der Waals surface area contributed by atoms with Gasteiger partial charge < -0.3 is 19.4 Å². The first-order chi connectivity index (χ1) is 9.28. The van der Waals surface area contributed by atoms with Gasteiger partial charge in [0.25, 0.3) is 0 Å². The van der Waals surface area contributed by atoms with Crippen LogP contribution in [-0.2, 0) is 9.47 Å². The summed E-state index contributed by atoms with van der Waals surface area (Å²) in [5, 5.41) is 0. The summed E-state index contributed by atoms with van der Waals surface area (Å²) in [7, 11) is 1.69. The van der Waals surface area contributed by atoms with Crippen LogP contribution in [0.4, 0.5) is 5.82 Å². The Morgan fingerprint density at radius 3 is 3.16 bits per heavy atom. The molecule has 7 heteroatoms. The predicted octanol–water partition coefficient (Wildman–Crippen LogP) is 0.593. The summed E-state index contributed by atoms with van der Waals surface area (Å²) in [5.74, 6) is 0.874. The number of ether oxygens (including phenoxy) is 2. The number of hydrogen-bond donors (Lipinski definition) is 1. The lowest BCUT2D eigenvalue weighted by atomic mass is 10.2. The van der Waals surface area contributed by atoms with E-state index in [2.05, 4.69) is 31.8 Å². The molecule has 2 aromatic rings. The van der Waals surface area contributed by atoms with E-state index in [-0.39, 0.29) is 12.2 Å². The highest BCUT2D eigenvalue weighted by molar-refractivity contribution is 5.82. The molecule has 0 aromatic carbocycles. The average Bonchev–Trinajstić information content (AvgIpc) is 2.86. The summed E-state index contributed by atoms with van der Waals surface area (Å²) in [5.41, 5.74) is 1.56. The fourth-order valence-corrected chi connectivity index (χ4v) is 2.49. The first kappa shape index (κ1) is 12.3. The standard InChI is InChI=1S/C12H17N5O2/c1-8-3-17(4-9(19-8)5-18-2)12-10-11(14-6-13-10)15-7-16-12/h6-9H,3-5H2,1-2H3,(H,13,14,15,16). The molecule has 0 spiro atoms. The van der Waals surface area contributed by atoms with Crippen molar-refractivity contribution in [1.82, 2.24) is 19.9 Å². The Balaban J connectivity index is 1.90. The number of rotatable bonds is 3. The van der Waals surface area contributed by atoms with Gasteiger partial charge in [0.1, 0.15) is 11.8 Å². The van der Waals surface area contributed by atoms with E-state index in [4.69, 9.17) is 9.47 Å². The zero-order valence-electron chi connectivity index (χ0n) is 11.0. The maximum absolute atomic E-state index is 5.84. The molecule has 7 nitrogen and oxygen atoms in total. The third kappa shape index (κ3) is 2.39. The molecule has 1 aliphatic heterocycles. The van der Waals surface area contributed by atoms with Crippen LogP contribution in [0, 0.1) is 0 Å². The third-order valence-electron chi connectivity index (χ3n) is 3.18. The summed E-state index contributed by atoms with van der Waals surface area (Å²) in [6.07, 6.45) is 3.38. The Morgan fingerprint density at radius 2 is 2.32 bits per heavy atom. The lowest BCUT2D eigenvalue weighted by Crippen LogP contribution is -2.48. The van der Waals surface area contributed by atoms with Gasteiger partial charge in [-0.25, -0.2) is 15.0 Å². The molecule has 1 N–H and O–H groups in total. The highest BCUT2D eigenvalue weighted by atomic mass is 16.5. The van der Waals surface area contributed by atoms with E-state index in [9.17, 15) is 0 Å². The Labute approximate surface area is 111 Å². The molecule has 1 aliphatic rings. The molecule has 2 aromatic heterocycles. The first-order valence-corrected chi connectivity index (χ1v) is 6.31. The predicted molar refractivity (Wildman–Crippen MR) is 70.1 cm³/mol. The lowest BCUT2D eigenvalue weighted by molar-refractivity contribution is -0.0512. The van der Waals surface area contributed by atoms with Gasteiger partial charge in [0, 0.05) is 20.2 Å². The van der Waals surface area contributed by atoms with Gasteiger partial charge in [-0.1, -0.05) is 0 Å². The molecule has 2 atom stereocenters. The number of H-pyrrole nitrogens is 1. The number of nitrogens with zero attached hydrogens (tertiary/aromatic N) is 4. The molecule has 102 valence electrons. The number of aromatic nitrogens is 4. The minimum atomic E-state index is 0.0571. The molecule has 0 aliphatic carbocycles. The molecule has 2 unspecified atom stereocenters. The molecule has 0 bridgehead atoms. The second kappa shape index (κ2) is 5.10. The van der Waals surface area contributed by atoms with Crippen LogP contribution in [0.2, 0.25) is 0 Å². The minimum absolute atomic E-state index is 0.0571. The maximum Gasteiger partial charge on any atom is 0.182 e. The lowest BCUT2D eigenvalue weighted by Gasteiger charge is -2.37. The van der Waals surface area contributed by atoms with Gasteiger partial charge >= 0.3 is 0 Å². The smallest absolute Gasteiger partial charge is 0.182 e. The Kier molecular flexibility index (Phi) is 3.31. The van der Waals surface area contributed by atoms with E-state index in [1.807, 2.05) is 0 Å². The molecule has 0 saturated carbocycles. The van der Waals surface area contributed by atoms with Crippen LogP contribution in [-0.4, -0.2) is 59.0 Å². The van der Waals surface area contributed by atoms with Crippen LogP contribution in [0.3, 0.4) is 0 Å². The van der Waals surface area contributed by atoms with Crippen LogP contribution >= 0.6 is 0 Å². The van der Waals surface area contributed by atoms with Gasteiger partial charge in [-0.15, -0.1) is 0 Å². The molecular weight excluding hydrogens is 246 g/mol. The number of methoxy groups -OCH3 is 1. The first-order valence-electron chi connectivity index (χ1n) is 6.31. The van der Waals surface area contributed by atoms with E-state index in [1.54, 1.807) is 19.8 Å². The van der Waals surface area contributed by atoms with Crippen LogP contribution in [0.15, 0.2) is 12.7 Å². The van der Waals surface area contributed by atoms with Crippen molar-refractivity contribution >= 4 is 17.0 Å². The minimum Gasteiger partial charge on any atom is -0.382 e. The van der Waals surface area contributed by atoms with E-state index >= 15 is 0 Å². The molecular formula is C12H17N5O2. The van der Waals surface area contributed by atoms with Crippen molar-refractivity contribution in [1.29, 1.82) is 0 Å². The topological polar surface area (TPSA) is 76.2 Å². The molecule has 1 saturated heterocycles. The summed E-state index contributed by atoms with van der Waals surface area (Å²) < 4.78 is 11.0. The number of anilines is 1. The summed E-state index contributed by atoms with van der Waals surface area (Å²) in [6, 6.07) is 0. The Hall–Kier alpha value is -1.73. The van der Waals surface area contributed by atoms with Gasteiger partial charge in [-0.2, -0.15) is 0 Å². The summed E-state index contributed by atoms with van der Waals surface area (Å²) in [6.45, 7) is 4.19. The van der Waals surface area contributed by atoms with Crippen molar-refractivity contribution in [3.8, 4) is 0 Å². The number of fused-ring (bicyclic) bond motifs is 1. The van der Waals surface area contributed by atoms with Crippen LogP contribution < -0.4 is 4.90 Å². The van der Waals surface area contributed by atoms with E-state index in [0.29, 0.717) is 12.3 Å². The molecule has 19 heavy (non-hydrogen) atoms. The molecule has 3 heterocycles. The van der Waals surface area contributed by atoms with Crippen molar-refractivity contribution in [3.05, 3.63) is 12.7 Å². The van der Waals surface area contributed by atoms with E-state index in [1.165, 1.54) is 0 Å². The van der Waals surface area contributed by atoms with Gasteiger partial charge in [-0.05, 0) is 6.92 Å². The van der Waals surface area contributed by atoms with E-state index < -0.39 is 0 Å². The molecule has 3 rings (SSSR count). The second-order valence-electron chi connectivity index (χ2n) is 4.73. The van der Waals surface area contributed by atoms with E-state index in [0.717, 1.165) is 24.4 Å². The van der Waals surface area contributed by atoms with Gasteiger partial charge in [0.15, 0.2) is 11.5 Å². The average molecular weight is 263 g/mol. The number of aromatic amines is 1. The largest absolute Gasteiger partial charge is 0.382 e. The SMILES string of the molecule is COCC1CN(c2ncnc3nc[nH]c23)CC(C)O1. The number of nitrogens with one attached hydrogen (secondary N) is 1. The van der Waals surface area contributed by atoms with Crippen molar-refractivity contribution in [2.24, 2.45) is 0 Å². The highest BCUT2D eigenvalue weighted by Gasteiger charge is 2.27. The molecule has 0 amide bonds. The third-order valence-corrected chi connectivity index (χ3v) is 3.18. The second-order valence-corrected chi connectivity index (χ2v) is 4.73. The fourth-order valence-electron chi connectivity index (χ4n) is 2.49. The molecule has 0 radical (unpaired) electrons. The van der Waals surface area contributed by atoms with Crippen LogP contribution in [0.5, 0.6) is 0 Å². The fraction of sp³-hybridized carbons (Fsp3) is 0.583.